The molecular weight excluding hydrogens is 380 g/mol. The van der Waals surface area contributed by atoms with Crippen molar-refractivity contribution in [2.24, 2.45) is 0 Å². The molecule has 31 heavy (non-hydrogen) atoms. The predicted molar refractivity (Wildman–Crippen MR) is 133 cm³/mol. The van der Waals surface area contributed by atoms with E-state index < -0.39 is 0 Å². The minimum atomic E-state index is 0.452. The molecule has 0 fully saturated rings. The lowest BCUT2D eigenvalue weighted by Gasteiger charge is -2.23. The molecule has 0 atom stereocenters. The van der Waals surface area contributed by atoms with Crippen molar-refractivity contribution in [3.05, 3.63) is 90.8 Å². The number of nitrogens with zero attached hydrogens (tertiary/aromatic N) is 3. The van der Waals surface area contributed by atoms with Gasteiger partial charge in [-0.15, -0.1) is 0 Å². The molecule has 4 heteroatoms. The van der Waals surface area contributed by atoms with Crippen LogP contribution in [0.5, 0.6) is 0 Å². The quantitative estimate of drug-likeness (QED) is 0.406. The topological polar surface area (TPSA) is 33.1 Å². The van der Waals surface area contributed by atoms with E-state index in [1.54, 1.807) is 6.20 Å². The van der Waals surface area contributed by atoms with Crippen LogP contribution in [-0.2, 0) is 6.54 Å². The van der Waals surface area contributed by atoms with Crippen LogP contribution in [0.3, 0.4) is 0 Å². The molecule has 3 rings (SSSR count). The van der Waals surface area contributed by atoms with E-state index in [0.717, 1.165) is 41.6 Å². The largest absolute Gasteiger partial charge is 0.373 e. The summed E-state index contributed by atoms with van der Waals surface area (Å²) in [5, 5.41) is 3.25. The normalized spacial score (nSPS) is 10.9. The van der Waals surface area contributed by atoms with Crippen molar-refractivity contribution in [3.63, 3.8) is 0 Å². The van der Waals surface area contributed by atoms with Crippen molar-refractivity contribution in [2.45, 2.75) is 39.7 Å². The third-order valence-electron chi connectivity index (χ3n) is 5.49. The van der Waals surface area contributed by atoms with Crippen LogP contribution in [0.1, 0.15) is 49.9 Å². The second-order valence-corrected chi connectivity index (χ2v) is 8.20. The van der Waals surface area contributed by atoms with E-state index in [0.29, 0.717) is 12.5 Å². The van der Waals surface area contributed by atoms with E-state index in [-0.39, 0.29) is 0 Å². The molecule has 0 saturated heterocycles. The third-order valence-corrected chi connectivity index (χ3v) is 5.49. The summed E-state index contributed by atoms with van der Waals surface area (Å²) in [7, 11) is 2.09. The first-order chi connectivity index (χ1) is 15.0. The summed E-state index contributed by atoms with van der Waals surface area (Å²) in [4.78, 5) is 7.22. The van der Waals surface area contributed by atoms with Crippen LogP contribution in [-0.4, -0.2) is 28.0 Å². The molecule has 0 amide bonds. The molecule has 0 aliphatic carbocycles. The van der Waals surface area contributed by atoms with E-state index in [1.165, 1.54) is 11.1 Å². The fourth-order valence-electron chi connectivity index (χ4n) is 3.77. The van der Waals surface area contributed by atoms with Crippen molar-refractivity contribution in [1.29, 1.82) is 0 Å². The minimum Gasteiger partial charge on any atom is -0.373 e. The van der Waals surface area contributed by atoms with Crippen molar-refractivity contribution in [2.75, 3.05) is 18.9 Å². The molecule has 0 aliphatic rings. The molecule has 0 bridgehead atoms. The molecule has 1 N–H and O–H groups in total. The highest BCUT2D eigenvalue weighted by atomic mass is 15.2. The maximum absolute atomic E-state index is 5.02. The van der Waals surface area contributed by atoms with Gasteiger partial charge in [0.15, 0.2) is 5.82 Å². The van der Waals surface area contributed by atoms with Crippen LogP contribution in [0, 0.1) is 0 Å². The number of rotatable bonds is 10. The number of aromatic nitrogens is 2. The summed E-state index contributed by atoms with van der Waals surface area (Å²) in [5.74, 6) is 2.16. The molecule has 0 unspecified atom stereocenters. The van der Waals surface area contributed by atoms with Gasteiger partial charge in [-0.25, -0.2) is 4.98 Å². The van der Waals surface area contributed by atoms with E-state index >= 15 is 0 Å². The fraction of sp³-hybridized carbons (Fsp3) is 0.296. The predicted octanol–water partition coefficient (Wildman–Crippen LogP) is 6.59. The van der Waals surface area contributed by atoms with Gasteiger partial charge in [-0.1, -0.05) is 82.5 Å². The Morgan fingerprint density at radius 3 is 2.55 bits per heavy atom. The second-order valence-electron chi connectivity index (χ2n) is 8.20. The summed E-state index contributed by atoms with van der Waals surface area (Å²) in [6.45, 7) is 16.5. The van der Waals surface area contributed by atoms with Gasteiger partial charge in [0.25, 0.3) is 0 Å². The van der Waals surface area contributed by atoms with E-state index in [2.05, 4.69) is 104 Å². The van der Waals surface area contributed by atoms with Gasteiger partial charge in [-0.05, 0) is 35.7 Å². The first-order valence-electron chi connectivity index (χ1n) is 11.0. The zero-order chi connectivity index (χ0) is 22.4. The Labute approximate surface area is 186 Å². The van der Waals surface area contributed by atoms with Crippen LogP contribution < -0.4 is 5.32 Å². The maximum Gasteiger partial charge on any atom is 0.158 e. The summed E-state index contributed by atoms with van der Waals surface area (Å²) in [6, 6.07) is 19.2. The standard InChI is InChI=1S/C27H34N4/c1-7-17-30(6)21(5)25-26(28-8-2)29-27(24-16-12-15-23(18-24)20(3)4)31(25)19-22-13-10-9-11-14-22/h8-16,18,20,28H,2,5,7,17,19H2,1,3-4,6H3. The molecule has 1 aromatic heterocycles. The average molecular weight is 415 g/mol. The number of benzene rings is 2. The smallest absolute Gasteiger partial charge is 0.158 e. The lowest BCUT2D eigenvalue weighted by molar-refractivity contribution is 0.474. The molecule has 0 saturated carbocycles. The van der Waals surface area contributed by atoms with Crippen LogP contribution in [0.4, 0.5) is 5.82 Å². The van der Waals surface area contributed by atoms with Gasteiger partial charge >= 0.3 is 0 Å². The number of nitrogens with one attached hydrogen (secondary N) is 1. The zero-order valence-electron chi connectivity index (χ0n) is 19.2. The Balaban J connectivity index is 2.21. The highest BCUT2D eigenvalue weighted by Crippen LogP contribution is 2.33. The Bertz CT molecular complexity index is 1030. The van der Waals surface area contributed by atoms with E-state index in [1.807, 2.05) is 6.07 Å². The average Bonchev–Trinajstić information content (AvgIpc) is 3.12. The van der Waals surface area contributed by atoms with E-state index in [9.17, 15) is 0 Å². The lowest BCUT2D eigenvalue weighted by atomic mass is 10.0. The van der Waals surface area contributed by atoms with Gasteiger partial charge in [0.2, 0.25) is 0 Å². The molecule has 1 heterocycles. The van der Waals surface area contributed by atoms with E-state index in [4.69, 9.17) is 4.98 Å². The molecule has 0 aliphatic heterocycles. The van der Waals surface area contributed by atoms with Gasteiger partial charge in [-0.3, -0.25) is 0 Å². The van der Waals surface area contributed by atoms with Crippen LogP contribution in [0.2, 0.25) is 0 Å². The minimum absolute atomic E-state index is 0.452. The highest BCUT2D eigenvalue weighted by Gasteiger charge is 2.22. The second kappa shape index (κ2) is 10.2. The fourth-order valence-corrected chi connectivity index (χ4v) is 3.77. The van der Waals surface area contributed by atoms with Crippen LogP contribution >= 0.6 is 0 Å². The number of hydrogen-bond donors (Lipinski definition) is 1. The molecule has 0 spiro atoms. The molecule has 3 aromatic rings. The van der Waals surface area contributed by atoms with Gasteiger partial charge in [0.05, 0.1) is 5.70 Å². The van der Waals surface area contributed by atoms with Crippen LogP contribution in [0.15, 0.2) is 74.0 Å². The highest BCUT2D eigenvalue weighted by molar-refractivity contribution is 5.75. The Hall–Kier alpha value is -3.27. The van der Waals surface area contributed by atoms with Crippen molar-refractivity contribution < 1.29 is 0 Å². The lowest BCUT2D eigenvalue weighted by Crippen LogP contribution is -2.20. The summed E-state index contributed by atoms with van der Waals surface area (Å²) in [6.07, 6.45) is 2.73. The van der Waals surface area contributed by atoms with Crippen molar-refractivity contribution >= 4 is 11.5 Å². The number of hydrogen-bond acceptors (Lipinski definition) is 3. The first kappa shape index (κ1) is 22.4. The molecular formula is C27H34N4. The van der Waals surface area contributed by atoms with Gasteiger partial charge in [-0.2, -0.15) is 0 Å². The van der Waals surface area contributed by atoms with Gasteiger partial charge in [0, 0.05) is 25.7 Å². The molecule has 162 valence electrons. The summed E-state index contributed by atoms with van der Waals surface area (Å²) >= 11 is 0. The Morgan fingerprint density at radius 1 is 1.16 bits per heavy atom. The molecule has 2 aromatic carbocycles. The van der Waals surface area contributed by atoms with Gasteiger partial charge < -0.3 is 14.8 Å². The van der Waals surface area contributed by atoms with Gasteiger partial charge in [0.1, 0.15) is 11.5 Å². The number of imidazole rings is 1. The molecule has 4 nitrogen and oxygen atoms in total. The summed E-state index contributed by atoms with van der Waals surface area (Å²) < 4.78 is 2.27. The zero-order valence-corrected chi connectivity index (χ0v) is 19.2. The monoisotopic (exact) mass is 414 g/mol. The van der Waals surface area contributed by atoms with Crippen molar-refractivity contribution in [1.82, 2.24) is 14.5 Å². The van der Waals surface area contributed by atoms with Crippen molar-refractivity contribution in [3.8, 4) is 11.4 Å². The first-order valence-corrected chi connectivity index (χ1v) is 11.0. The molecule has 0 radical (unpaired) electrons. The van der Waals surface area contributed by atoms with Crippen LogP contribution in [0.25, 0.3) is 17.1 Å². The summed E-state index contributed by atoms with van der Waals surface area (Å²) in [5.41, 5.74) is 5.56. The third kappa shape index (κ3) is 5.08. The maximum atomic E-state index is 5.02. The Morgan fingerprint density at radius 2 is 1.90 bits per heavy atom. The SMILES string of the molecule is C=CNc1nc(-c2cccc(C(C)C)c2)n(Cc2ccccc2)c1C(=C)N(C)CCC. The number of anilines is 1. The Kier molecular flexibility index (Phi) is 7.35.